The Hall–Kier alpha value is -7.38. The highest BCUT2D eigenvalue weighted by Gasteiger charge is 2.46. The summed E-state index contributed by atoms with van der Waals surface area (Å²) in [5.41, 5.74) is 2.79. The Kier molecular flexibility index (Phi) is 17.0. The number of carbonyl (C=O) groups is 6. The molecule has 7 aromatic rings. The molecule has 2 aromatic heterocycles. The summed E-state index contributed by atoms with van der Waals surface area (Å²) < 4.78 is 0. The van der Waals surface area contributed by atoms with Crippen LogP contribution in [-0.4, -0.2) is 119 Å². The number of likely N-dealkylation sites (tertiary alicyclic amines) is 2. The number of hydrogen-bond donors (Lipinski definition) is 6. The van der Waals surface area contributed by atoms with E-state index in [-0.39, 0.29) is 48.5 Å². The predicted molar refractivity (Wildman–Crippen MR) is 317 cm³/mol. The second-order valence-electron chi connectivity index (χ2n) is 23.3. The highest BCUT2D eigenvalue weighted by Crippen LogP contribution is 2.40. The molecule has 2 fully saturated rings. The van der Waals surface area contributed by atoms with Crippen LogP contribution in [0.3, 0.4) is 0 Å². The molecule has 6 N–H and O–H groups in total. The van der Waals surface area contributed by atoms with Gasteiger partial charge in [-0.1, -0.05) is 114 Å². The molecule has 0 saturated carbocycles. The van der Waals surface area contributed by atoms with Gasteiger partial charge in [0, 0.05) is 58.2 Å². The van der Waals surface area contributed by atoms with Gasteiger partial charge < -0.3 is 41.7 Å². The van der Waals surface area contributed by atoms with E-state index in [1.54, 1.807) is 62.0 Å². The highest BCUT2D eigenvalue weighted by molar-refractivity contribution is 7.10. The van der Waals surface area contributed by atoms with E-state index in [9.17, 15) is 28.8 Å². The number of fused-ring (bicyclic) bond motifs is 2. The second-order valence-corrected chi connectivity index (χ2v) is 25.1. The van der Waals surface area contributed by atoms with Crippen LogP contribution in [0.4, 0.5) is 0 Å². The molecular formula is C62H72N10O6S2. The molecule has 6 amide bonds. The lowest BCUT2D eigenvalue weighted by atomic mass is 9.85. The first-order valence-electron chi connectivity index (χ1n) is 27.3. The summed E-state index contributed by atoms with van der Waals surface area (Å²) in [6, 6.07) is 30.3. The predicted octanol–water partition coefficient (Wildman–Crippen LogP) is 8.66. The van der Waals surface area contributed by atoms with E-state index in [0.29, 0.717) is 24.0 Å². The highest BCUT2D eigenvalue weighted by atomic mass is 32.1. The summed E-state index contributed by atoms with van der Waals surface area (Å²) in [5, 5.41) is 28.1. The van der Waals surface area contributed by atoms with Crippen LogP contribution >= 0.6 is 22.7 Å². The third-order valence-corrected chi connectivity index (χ3v) is 17.3. The van der Waals surface area contributed by atoms with Gasteiger partial charge in [-0.2, -0.15) is 0 Å². The summed E-state index contributed by atoms with van der Waals surface area (Å²) in [6.45, 7) is 15.3. The molecule has 2 saturated heterocycles. The van der Waals surface area contributed by atoms with Crippen molar-refractivity contribution in [2.24, 2.45) is 10.8 Å². The number of nitrogens with zero attached hydrogens (tertiary/aromatic N) is 4. The van der Waals surface area contributed by atoms with Gasteiger partial charge >= 0.3 is 0 Å². The van der Waals surface area contributed by atoms with Crippen LogP contribution in [0.5, 0.6) is 0 Å². The SMILES string of the molecule is CNC(C)C(=O)NC(C(=O)N1CC(NC(=O)c2ccc(C(=O)NC3CC(c4nc(-c5ccc6ccccc6c5)cs4)N(C(=O)C(NC(=O)C(C)NC)C(C)(C)C)C3)cc2)CC1c1nc(-c2ccc3ccccc3c2)cs1)C(C)(C)C. The maximum absolute atomic E-state index is 14.8. The largest absolute Gasteiger partial charge is 0.347 e. The van der Waals surface area contributed by atoms with Gasteiger partial charge in [-0.3, -0.25) is 28.8 Å². The number of amides is 6. The van der Waals surface area contributed by atoms with Gasteiger partial charge in [0.05, 0.1) is 35.6 Å². The summed E-state index contributed by atoms with van der Waals surface area (Å²) in [7, 11) is 3.38. The number of carbonyl (C=O) groups excluding carboxylic acids is 6. The smallest absolute Gasteiger partial charge is 0.251 e. The van der Waals surface area contributed by atoms with Crippen molar-refractivity contribution in [2.45, 2.75) is 117 Å². The summed E-state index contributed by atoms with van der Waals surface area (Å²) >= 11 is 2.91. The first-order valence-corrected chi connectivity index (χ1v) is 29.0. The molecule has 418 valence electrons. The fourth-order valence-corrected chi connectivity index (χ4v) is 12.3. The van der Waals surface area contributed by atoms with Crippen LogP contribution in [0.25, 0.3) is 44.1 Å². The quantitative estimate of drug-likeness (QED) is 0.0543. The maximum Gasteiger partial charge on any atom is 0.251 e. The number of aromatic nitrogens is 2. The number of thiazole rings is 2. The Balaban J connectivity index is 0.918. The molecule has 4 heterocycles. The van der Waals surface area contributed by atoms with E-state index in [1.165, 1.54) is 22.7 Å². The van der Waals surface area contributed by atoms with Crippen molar-refractivity contribution in [3.63, 3.8) is 0 Å². The molecule has 8 unspecified atom stereocenters. The molecule has 0 radical (unpaired) electrons. The number of benzene rings is 5. The second kappa shape index (κ2) is 23.8. The Labute approximate surface area is 475 Å². The number of hydrogen-bond acceptors (Lipinski definition) is 12. The van der Waals surface area contributed by atoms with Gasteiger partial charge in [0.1, 0.15) is 22.1 Å². The minimum absolute atomic E-state index is 0.177. The molecule has 2 aliphatic heterocycles. The average Bonchev–Trinajstić information content (AvgIpc) is 4.36. The van der Waals surface area contributed by atoms with Crippen molar-refractivity contribution in [1.29, 1.82) is 0 Å². The van der Waals surface area contributed by atoms with Crippen LogP contribution < -0.4 is 31.9 Å². The molecule has 0 bridgehead atoms. The lowest BCUT2D eigenvalue weighted by molar-refractivity contribution is -0.140. The van der Waals surface area contributed by atoms with E-state index < -0.39 is 59.2 Å². The Bertz CT molecular complexity index is 3210. The van der Waals surface area contributed by atoms with Gasteiger partial charge in [-0.05, 0) is 110 Å². The van der Waals surface area contributed by atoms with E-state index in [4.69, 9.17) is 9.97 Å². The molecule has 16 nitrogen and oxygen atoms in total. The third kappa shape index (κ3) is 12.6. The minimum Gasteiger partial charge on any atom is -0.347 e. The molecule has 0 spiro atoms. The monoisotopic (exact) mass is 1120 g/mol. The van der Waals surface area contributed by atoms with Crippen molar-refractivity contribution < 1.29 is 28.8 Å². The van der Waals surface area contributed by atoms with Crippen LogP contribution in [0.2, 0.25) is 0 Å². The fraction of sp³-hybridized carbons (Fsp3) is 0.387. The molecule has 8 atom stereocenters. The van der Waals surface area contributed by atoms with Gasteiger partial charge in [0.25, 0.3) is 11.8 Å². The molecule has 9 rings (SSSR count). The van der Waals surface area contributed by atoms with Crippen LogP contribution in [0.15, 0.2) is 120 Å². The standard InChI is InChI=1S/C62H72N10O6S2/c1-35(63-9)53(73)69-51(61(3,4)5)59(77)71-31-45(29-49(71)57-67-47(33-79-57)43-25-19-37-15-11-13-17-41(37)27-43)65-55(75)39-21-23-40(24-22-39)56(76)66-46-30-50(72(32-46)60(78)52(62(6,7)8)70-54(74)36(2)64-10)58-68-48(34-80-58)44-26-20-38-16-12-14-18-42(38)28-44/h11-28,33-36,45-46,49-52,63-64H,29-32H2,1-10H3,(H,65,75)(H,66,76)(H,69,73)(H,70,74). The zero-order valence-electron chi connectivity index (χ0n) is 47.0. The molecule has 18 heteroatoms. The van der Waals surface area contributed by atoms with Gasteiger partial charge in [-0.15, -0.1) is 22.7 Å². The van der Waals surface area contributed by atoms with Crippen molar-refractivity contribution in [3.8, 4) is 22.5 Å². The lowest BCUT2D eigenvalue weighted by Gasteiger charge is -2.36. The zero-order valence-corrected chi connectivity index (χ0v) is 48.7. The fourth-order valence-electron chi connectivity index (χ4n) is 10.4. The van der Waals surface area contributed by atoms with E-state index >= 15 is 0 Å². The van der Waals surface area contributed by atoms with Gasteiger partial charge in [0.15, 0.2) is 0 Å². The van der Waals surface area contributed by atoms with E-state index in [0.717, 1.165) is 54.1 Å². The van der Waals surface area contributed by atoms with Crippen molar-refractivity contribution in [1.82, 2.24) is 51.7 Å². The first-order chi connectivity index (χ1) is 38.1. The third-order valence-electron chi connectivity index (χ3n) is 15.4. The van der Waals surface area contributed by atoms with E-state index in [2.05, 4.69) is 80.4 Å². The summed E-state index contributed by atoms with van der Waals surface area (Å²) in [4.78, 5) is 98.1. The lowest BCUT2D eigenvalue weighted by Crippen LogP contribution is -2.57. The maximum atomic E-state index is 14.8. The zero-order chi connectivity index (χ0) is 57.2. The van der Waals surface area contributed by atoms with Crippen molar-refractivity contribution >= 4 is 79.7 Å². The van der Waals surface area contributed by atoms with Crippen molar-refractivity contribution in [3.05, 3.63) is 141 Å². The van der Waals surface area contributed by atoms with Crippen LogP contribution in [0.1, 0.15) is 111 Å². The Morgan fingerprint density at radius 2 is 0.887 bits per heavy atom. The average molecular weight is 1120 g/mol. The van der Waals surface area contributed by atoms with E-state index in [1.807, 2.05) is 88.7 Å². The summed E-state index contributed by atoms with van der Waals surface area (Å²) in [6.07, 6.45) is 0.762. The normalized spacial score (nSPS) is 19.1. The Morgan fingerprint density at radius 3 is 1.24 bits per heavy atom. The van der Waals surface area contributed by atoms with Gasteiger partial charge in [0.2, 0.25) is 23.6 Å². The van der Waals surface area contributed by atoms with Crippen LogP contribution in [0, 0.1) is 10.8 Å². The van der Waals surface area contributed by atoms with Crippen molar-refractivity contribution in [2.75, 3.05) is 27.2 Å². The molecule has 80 heavy (non-hydrogen) atoms. The number of rotatable bonds is 16. The number of likely N-dealkylation sites (N-methyl/N-ethyl adjacent to an activating group) is 2. The molecule has 5 aromatic carbocycles. The molecule has 0 aliphatic carbocycles. The first kappa shape index (κ1) is 57.3. The van der Waals surface area contributed by atoms with Gasteiger partial charge in [-0.25, -0.2) is 9.97 Å². The molecular weight excluding hydrogens is 1040 g/mol. The van der Waals surface area contributed by atoms with Crippen LogP contribution in [-0.2, 0) is 19.2 Å². The summed E-state index contributed by atoms with van der Waals surface area (Å²) in [5.74, 6) is -1.90. The minimum atomic E-state index is -0.873. The molecule has 2 aliphatic rings. The topological polar surface area (TPSA) is 207 Å². The Morgan fingerprint density at radius 1 is 0.525 bits per heavy atom. The number of nitrogens with one attached hydrogen (secondary N) is 6.